The average Bonchev–Trinajstić information content (AvgIpc) is 3.47. The lowest BCUT2D eigenvalue weighted by Gasteiger charge is -2.29. The Morgan fingerprint density at radius 1 is 1.25 bits per heavy atom. The van der Waals surface area contributed by atoms with Gasteiger partial charge in [-0.25, -0.2) is 4.79 Å². The number of pyridine rings is 1. The maximum atomic E-state index is 12.7. The molecule has 0 radical (unpaired) electrons. The van der Waals surface area contributed by atoms with Gasteiger partial charge in [0.2, 0.25) is 5.43 Å². The first-order valence-electron chi connectivity index (χ1n) is 8.42. The minimum absolute atomic E-state index is 0.117. The van der Waals surface area contributed by atoms with Crippen molar-refractivity contribution in [2.24, 2.45) is 0 Å². The maximum absolute atomic E-state index is 12.7. The van der Waals surface area contributed by atoms with Crippen LogP contribution in [-0.4, -0.2) is 43.8 Å². The number of methoxy groups -OCH3 is 1. The Balaban J connectivity index is 1.87. The molecule has 6 nitrogen and oxygen atoms in total. The molecule has 1 aromatic heterocycles. The van der Waals surface area contributed by atoms with E-state index in [0.29, 0.717) is 11.4 Å². The molecule has 1 aromatic carbocycles. The van der Waals surface area contributed by atoms with Crippen LogP contribution < -0.4 is 15.6 Å². The van der Waals surface area contributed by atoms with E-state index in [0.717, 1.165) is 50.2 Å². The van der Waals surface area contributed by atoms with Crippen molar-refractivity contribution in [2.45, 2.75) is 18.9 Å². The van der Waals surface area contributed by atoms with Crippen molar-refractivity contribution in [3.8, 4) is 0 Å². The topological polar surface area (TPSA) is 63.6 Å². The predicted octanol–water partition coefficient (Wildman–Crippen LogP) is 1.53. The molecule has 6 heteroatoms. The highest BCUT2D eigenvalue weighted by Crippen LogP contribution is 2.37. The largest absolute Gasteiger partial charge is 0.465 e. The Bertz CT molecular complexity index is 848. The smallest absolute Gasteiger partial charge is 0.343 e. The Morgan fingerprint density at radius 2 is 2.00 bits per heavy atom. The molecule has 0 atom stereocenters. The minimum atomic E-state index is -0.567. The molecule has 0 spiro atoms. The molecule has 2 aliphatic rings. The van der Waals surface area contributed by atoms with Gasteiger partial charge in [-0.05, 0) is 31.0 Å². The van der Waals surface area contributed by atoms with Gasteiger partial charge in [0.1, 0.15) is 5.56 Å². The van der Waals surface area contributed by atoms with E-state index < -0.39 is 5.97 Å². The van der Waals surface area contributed by atoms with E-state index in [1.54, 1.807) is 6.20 Å². The van der Waals surface area contributed by atoms with Crippen LogP contribution in [0.4, 0.5) is 5.69 Å². The predicted molar refractivity (Wildman–Crippen MR) is 92.9 cm³/mol. The van der Waals surface area contributed by atoms with Crippen LogP contribution in [0, 0.1) is 0 Å². The molecule has 1 N–H and O–H groups in total. The van der Waals surface area contributed by atoms with Crippen molar-refractivity contribution < 1.29 is 9.53 Å². The third-order valence-electron chi connectivity index (χ3n) is 4.84. The molecule has 0 unspecified atom stereocenters. The molecule has 1 aliphatic carbocycles. The summed E-state index contributed by atoms with van der Waals surface area (Å²) >= 11 is 0. The number of carbonyl (C=O) groups is 1. The number of esters is 1. The number of fused-ring (bicyclic) bond motifs is 1. The van der Waals surface area contributed by atoms with E-state index in [-0.39, 0.29) is 11.0 Å². The summed E-state index contributed by atoms with van der Waals surface area (Å²) in [6.45, 7) is 3.85. The average molecular weight is 327 g/mol. The van der Waals surface area contributed by atoms with Crippen molar-refractivity contribution in [3.63, 3.8) is 0 Å². The van der Waals surface area contributed by atoms with E-state index >= 15 is 0 Å². The van der Waals surface area contributed by atoms with Gasteiger partial charge in [0.05, 0.1) is 12.6 Å². The molecular weight excluding hydrogens is 306 g/mol. The summed E-state index contributed by atoms with van der Waals surface area (Å²) in [6.07, 6.45) is 3.84. The molecular formula is C18H21N3O3. The third-order valence-corrected chi connectivity index (χ3v) is 4.84. The lowest BCUT2D eigenvalue weighted by molar-refractivity contribution is 0.0598. The first kappa shape index (κ1) is 15.2. The fraction of sp³-hybridized carbons (Fsp3) is 0.444. The number of rotatable bonds is 3. The van der Waals surface area contributed by atoms with Crippen LogP contribution in [0.2, 0.25) is 0 Å². The molecule has 2 aromatic rings. The fourth-order valence-electron chi connectivity index (χ4n) is 3.37. The van der Waals surface area contributed by atoms with Crippen LogP contribution >= 0.6 is 0 Å². The van der Waals surface area contributed by atoms with Gasteiger partial charge in [0.25, 0.3) is 0 Å². The van der Waals surface area contributed by atoms with Crippen LogP contribution in [0.25, 0.3) is 10.9 Å². The van der Waals surface area contributed by atoms with E-state index in [9.17, 15) is 9.59 Å². The number of ether oxygens (including phenoxy) is 1. The zero-order chi connectivity index (χ0) is 16.7. The van der Waals surface area contributed by atoms with Crippen LogP contribution in [0.15, 0.2) is 29.2 Å². The first-order chi connectivity index (χ1) is 11.7. The minimum Gasteiger partial charge on any atom is -0.465 e. The van der Waals surface area contributed by atoms with E-state index in [1.807, 2.05) is 12.1 Å². The Morgan fingerprint density at radius 3 is 2.67 bits per heavy atom. The molecule has 2 fully saturated rings. The van der Waals surface area contributed by atoms with Gasteiger partial charge in [-0.3, -0.25) is 4.79 Å². The number of piperazine rings is 1. The molecule has 24 heavy (non-hydrogen) atoms. The summed E-state index contributed by atoms with van der Waals surface area (Å²) < 4.78 is 6.85. The van der Waals surface area contributed by atoms with Crippen molar-refractivity contribution >= 4 is 22.6 Å². The number of carbonyl (C=O) groups excluding carboxylic acids is 1. The van der Waals surface area contributed by atoms with E-state index in [4.69, 9.17) is 4.74 Å². The lowest BCUT2D eigenvalue weighted by Crippen LogP contribution is -2.43. The number of hydrogen-bond acceptors (Lipinski definition) is 5. The number of nitrogens with one attached hydrogen (secondary N) is 1. The molecule has 1 aliphatic heterocycles. The summed E-state index contributed by atoms with van der Waals surface area (Å²) in [6, 6.07) is 6.28. The first-order valence-corrected chi connectivity index (χ1v) is 8.42. The van der Waals surface area contributed by atoms with Crippen LogP contribution in [0.3, 0.4) is 0 Å². The highest BCUT2D eigenvalue weighted by Gasteiger charge is 2.27. The maximum Gasteiger partial charge on any atom is 0.343 e. The van der Waals surface area contributed by atoms with Crippen molar-refractivity contribution in [1.82, 2.24) is 9.88 Å². The van der Waals surface area contributed by atoms with Gasteiger partial charge < -0.3 is 19.5 Å². The van der Waals surface area contributed by atoms with Crippen LogP contribution in [0.1, 0.15) is 29.2 Å². The molecule has 126 valence electrons. The second kappa shape index (κ2) is 5.94. The van der Waals surface area contributed by atoms with E-state index in [2.05, 4.69) is 20.9 Å². The van der Waals surface area contributed by atoms with Gasteiger partial charge >= 0.3 is 5.97 Å². The van der Waals surface area contributed by atoms with Crippen molar-refractivity contribution in [1.29, 1.82) is 0 Å². The number of hydrogen-bond donors (Lipinski definition) is 1. The second-order valence-corrected chi connectivity index (χ2v) is 6.44. The highest BCUT2D eigenvalue weighted by atomic mass is 16.5. The normalized spacial score (nSPS) is 18.0. The van der Waals surface area contributed by atoms with Crippen molar-refractivity contribution in [3.05, 3.63) is 40.2 Å². The monoisotopic (exact) mass is 327 g/mol. The van der Waals surface area contributed by atoms with Crippen LogP contribution in [0.5, 0.6) is 0 Å². The van der Waals surface area contributed by atoms with Gasteiger partial charge in [0, 0.05) is 49.5 Å². The van der Waals surface area contributed by atoms with E-state index in [1.165, 1.54) is 7.11 Å². The Hall–Kier alpha value is -2.34. The fourth-order valence-corrected chi connectivity index (χ4v) is 3.37. The zero-order valence-corrected chi connectivity index (χ0v) is 13.7. The second-order valence-electron chi connectivity index (χ2n) is 6.44. The Kier molecular flexibility index (Phi) is 3.76. The Labute approximate surface area is 140 Å². The van der Waals surface area contributed by atoms with Gasteiger partial charge in [-0.15, -0.1) is 0 Å². The third kappa shape index (κ3) is 2.57. The molecule has 0 bridgehead atoms. The molecule has 0 amide bonds. The van der Waals surface area contributed by atoms with Gasteiger partial charge in [-0.1, -0.05) is 0 Å². The highest BCUT2D eigenvalue weighted by molar-refractivity contribution is 5.94. The van der Waals surface area contributed by atoms with Crippen LogP contribution in [-0.2, 0) is 4.74 Å². The number of benzene rings is 1. The standard InChI is InChI=1S/C18H21N3O3/c1-24-18(23)15-11-21(12-2-3-12)16-10-13(4-5-14(16)17(15)22)20-8-6-19-7-9-20/h4-5,10-12,19H,2-3,6-9H2,1H3. The summed E-state index contributed by atoms with van der Waals surface area (Å²) in [7, 11) is 1.31. The number of aromatic nitrogens is 1. The van der Waals surface area contributed by atoms with Gasteiger partial charge in [-0.2, -0.15) is 0 Å². The summed E-state index contributed by atoms with van der Waals surface area (Å²) in [5.74, 6) is -0.567. The summed E-state index contributed by atoms with van der Waals surface area (Å²) in [4.78, 5) is 26.9. The summed E-state index contributed by atoms with van der Waals surface area (Å²) in [5, 5.41) is 3.94. The number of nitrogens with zero attached hydrogens (tertiary/aromatic N) is 2. The quantitative estimate of drug-likeness (QED) is 0.866. The SMILES string of the molecule is COC(=O)c1cn(C2CC2)c2cc(N3CCNCC3)ccc2c1=O. The molecule has 2 heterocycles. The number of anilines is 1. The van der Waals surface area contributed by atoms with Gasteiger partial charge in [0.15, 0.2) is 0 Å². The lowest BCUT2D eigenvalue weighted by atomic mass is 10.1. The summed E-state index contributed by atoms with van der Waals surface area (Å²) in [5.41, 5.74) is 1.90. The van der Waals surface area contributed by atoms with Crippen molar-refractivity contribution in [2.75, 3.05) is 38.2 Å². The zero-order valence-electron chi connectivity index (χ0n) is 13.7. The molecule has 1 saturated carbocycles. The molecule has 4 rings (SSSR count). The molecule has 1 saturated heterocycles.